The molecule has 3 nitrogen and oxygen atoms in total. The zero-order valence-corrected chi connectivity index (χ0v) is 13.8. The van der Waals surface area contributed by atoms with Gasteiger partial charge in [0.1, 0.15) is 11.4 Å². The summed E-state index contributed by atoms with van der Waals surface area (Å²) in [5, 5.41) is 15.5. The van der Waals surface area contributed by atoms with Gasteiger partial charge in [-0.1, -0.05) is 62.4 Å². The zero-order valence-electron chi connectivity index (χ0n) is 13.8. The minimum absolute atomic E-state index is 0.285. The number of benzene rings is 2. The molecule has 2 aromatic carbocycles. The van der Waals surface area contributed by atoms with Crippen molar-refractivity contribution in [2.75, 3.05) is 0 Å². The molecule has 0 saturated heterocycles. The van der Waals surface area contributed by atoms with Crippen LogP contribution in [-0.2, 0) is 6.42 Å². The highest BCUT2D eigenvalue weighted by Gasteiger charge is 2.21. The van der Waals surface area contributed by atoms with Crippen LogP contribution in [0.15, 0.2) is 54.6 Å². The van der Waals surface area contributed by atoms with Gasteiger partial charge in [0.25, 0.3) is 0 Å². The van der Waals surface area contributed by atoms with Gasteiger partial charge in [-0.2, -0.15) is 5.10 Å². The molecule has 0 bridgehead atoms. The summed E-state index contributed by atoms with van der Waals surface area (Å²) < 4.78 is 1.87. The minimum Gasteiger partial charge on any atom is -0.504 e. The Hall–Kier alpha value is -2.55. The van der Waals surface area contributed by atoms with Gasteiger partial charge in [0.15, 0.2) is 5.75 Å². The smallest absolute Gasteiger partial charge is 0.165 e. The minimum atomic E-state index is 0.285. The maximum absolute atomic E-state index is 10.8. The van der Waals surface area contributed by atoms with E-state index in [1.54, 1.807) is 0 Å². The van der Waals surface area contributed by atoms with Gasteiger partial charge in [-0.05, 0) is 30.9 Å². The van der Waals surface area contributed by atoms with Crippen molar-refractivity contribution in [3.8, 4) is 22.7 Å². The van der Waals surface area contributed by atoms with Crippen LogP contribution in [0.5, 0.6) is 5.75 Å². The van der Waals surface area contributed by atoms with E-state index in [2.05, 4.69) is 26.8 Å². The Bertz CT molecular complexity index is 804. The van der Waals surface area contributed by atoms with Crippen LogP contribution in [0.1, 0.15) is 25.1 Å². The summed E-state index contributed by atoms with van der Waals surface area (Å²) in [6, 6.07) is 18.0. The van der Waals surface area contributed by atoms with Gasteiger partial charge in [0.2, 0.25) is 0 Å². The highest BCUT2D eigenvalue weighted by Crippen LogP contribution is 2.35. The number of aromatic hydroxyl groups is 1. The van der Waals surface area contributed by atoms with Crippen LogP contribution in [0.25, 0.3) is 16.9 Å². The third-order valence-electron chi connectivity index (χ3n) is 3.92. The van der Waals surface area contributed by atoms with Crippen molar-refractivity contribution < 1.29 is 5.11 Å². The zero-order chi connectivity index (χ0) is 16.4. The molecule has 0 aliphatic rings. The van der Waals surface area contributed by atoms with Gasteiger partial charge in [0.05, 0.1) is 5.69 Å². The lowest BCUT2D eigenvalue weighted by molar-refractivity contribution is 0.464. The topological polar surface area (TPSA) is 38.0 Å². The molecule has 0 spiro atoms. The number of hydrogen-bond acceptors (Lipinski definition) is 2. The van der Waals surface area contributed by atoms with Crippen LogP contribution < -0.4 is 0 Å². The van der Waals surface area contributed by atoms with Crippen molar-refractivity contribution in [3.63, 3.8) is 0 Å². The molecule has 3 heteroatoms. The van der Waals surface area contributed by atoms with Crippen LogP contribution in [-0.4, -0.2) is 14.9 Å². The van der Waals surface area contributed by atoms with Gasteiger partial charge in [0, 0.05) is 5.56 Å². The number of nitrogens with zero attached hydrogens (tertiary/aromatic N) is 2. The first-order chi connectivity index (χ1) is 11.1. The number of rotatable bonds is 4. The molecule has 0 amide bonds. The van der Waals surface area contributed by atoms with Crippen molar-refractivity contribution in [2.45, 2.75) is 27.2 Å². The van der Waals surface area contributed by atoms with Crippen LogP contribution in [0.3, 0.4) is 0 Å². The summed E-state index contributed by atoms with van der Waals surface area (Å²) in [5.41, 5.74) is 4.60. The first kappa shape index (κ1) is 15.3. The SMILES string of the molecule is Cc1ccccc1-n1nc(CC(C)C)c(O)c1-c1ccccc1. The van der Waals surface area contributed by atoms with Crippen LogP contribution in [0, 0.1) is 12.8 Å². The lowest BCUT2D eigenvalue weighted by Crippen LogP contribution is -2.02. The van der Waals surface area contributed by atoms with Gasteiger partial charge in [-0.15, -0.1) is 0 Å². The average Bonchev–Trinajstić information content (AvgIpc) is 2.84. The highest BCUT2D eigenvalue weighted by atomic mass is 16.3. The summed E-state index contributed by atoms with van der Waals surface area (Å²) in [5.74, 6) is 0.720. The molecule has 0 unspecified atom stereocenters. The van der Waals surface area contributed by atoms with E-state index in [0.717, 1.165) is 34.6 Å². The molecule has 118 valence electrons. The predicted molar refractivity (Wildman–Crippen MR) is 93.9 cm³/mol. The molecule has 1 heterocycles. The van der Waals surface area contributed by atoms with E-state index in [0.29, 0.717) is 5.92 Å². The Morgan fingerprint density at radius 1 is 1.00 bits per heavy atom. The average molecular weight is 306 g/mol. The fourth-order valence-corrected chi connectivity index (χ4v) is 2.81. The molecule has 0 aliphatic carbocycles. The molecule has 3 rings (SSSR count). The Labute approximate surface area is 137 Å². The third kappa shape index (κ3) is 3.00. The maximum atomic E-state index is 10.8. The van der Waals surface area contributed by atoms with Crippen LogP contribution in [0.2, 0.25) is 0 Å². The van der Waals surface area contributed by atoms with E-state index in [9.17, 15) is 5.11 Å². The molecule has 1 aromatic heterocycles. The first-order valence-corrected chi connectivity index (χ1v) is 8.00. The largest absolute Gasteiger partial charge is 0.504 e. The summed E-state index contributed by atoms with van der Waals surface area (Å²) in [6.07, 6.45) is 0.755. The Kier molecular flexibility index (Phi) is 4.20. The van der Waals surface area contributed by atoms with Crippen LogP contribution >= 0.6 is 0 Å². The molecule has 0 saturated carbocycles. The molecule has 23 heavy (non-hydrogen) atoms. The quantitative estimate of drug-likeness (QED) is 0.755. The molecule has 0 radical (unpaired) electrons. The fraction of sp³-hybridized carbons (Fsp3) is 0.250. The molecular formula is C20H22N2O. The second-order valence-electron chi connectivity index (χ2n) is 6.31. The van der Waals surface area contributed by atoms with Gasteiger partial charge in [-0.25, -0.2) is 4.68 Å². The summed E-state index contributed by atoms with van der Waals surface area (Å²) in [6.45, 7) is 6.33. The molecule has 0 fully saturated rings. The standard InChI is InChI=1S/C20H22N2O/c1-14(2)13-17-20(23)19(16-10-5-4-6-11-16)22(21-17)18-12-8-7-9-15(18)3/h4-12,14,23H,13H2,1-3H3. The molecular weight excluding hydrogens is 284 g/mol. The number of para-hydroxylation sites is 1. The molecule has 0 aliphatic heterocycles. The van der Waals surface area contributed by atoms with Crippen molar-refractivity contribution in [1.29, 1.82) is 0 Å². The summed E-state index contributed by atoms with van der Waals surface area (Å²) in [7, 11) is 0. The van der Waals surface area contributed by atoms with E-state index in [4.69, 9.17) is 5.10 Å². The van der Waals surface area contributed by atoms with E-state index in [1.807, 2.05) is 53.2 Å². The number of hydrogen-bond donors (Lipinski definition) is 1. The Morgan fingerprint density at radius 2 is 1.65 bits per heavy atom. The van der Waals surface area contributed by atoms with Crippen molar-refractivity contribution in [1.82, 2.24) is 9.78 Å². The van der Waals surface area contributed by atoms with Crippen molar-refractivity contribution in [2.24, 2.45) is 5.92 Å². The van der Waals surface area contributed by atoms with Crippen molar-refractivity contribution >= 4 is 0 Å². The monoisotopic (exact) mass is 306 g/mol. The maximum Gasteiger partial charge on any atom is 0.165 e. The summed E-state index contributed by atoms with van der Waals surface area (Å²) in [4.78, 5) is 0. The molecule has 1 N–H and O–H groups in total. The van der Waals surface area contributed by atoms with E-state index < -0.39 is 0 Å². The van der Waals surface area contributed by atoms with Crippen LogP contribution in [0.4, 0.5) is 0 Å². The second-order valence-corrected chi connectivity index (χ2v) is 6.31. The lowest BCUT2D eigenvalue weighted by Gasteiger charge is -2.10. The fourth-order valence-electron chi connectivity index (χ4n) is 2.81. The van der Waals surface area contributed by atoms with Gasteiger partial charge in [-0.3, -0.25) is 0 Å². The summed E-state index contributed by atoms with van der Waals surface area (Å²) >= 11 is 0. The van der Waals surface area contributed by atoms with Crippen molar-refractivity contribution in [3.05, 3.63) is 65.9 Å². The first-order valence-electron chi connectivity index (χ1n) is 8.00. The Balaban J connectivity index is 2.24. The van der Waals surface area contributed by atoms with E-state index in [1.165, 1.54) is 0 Å². The van der Waals surface area contributed by atoms with E-state index >= 15 is 0 Å². The number of aryl methyl sites for hydroxylation is 1. The second kappa shape index (κ2) is 6.29. The Morgan fingerprint density at radius 3 is 2.30 bits per heavy atom. The number of aromatic nitrogens is 2. The lowest BCUT2D eigenvalue weighted by atomic mass is 10.1. The third-order valence-corrected chi connectivity index (χ3v) is 3.92. The van der Waals surface area contributed by atoms with E-state index in [-0.39, 0.29) is 5.75 Å². The highest BCUT2D eigenvalue weighted by molar-refractivity contribution is 5.70. The normalized spacial score (nSPS) is 11.1. The van der Waals surface area contributed by atoms with Gasteiger partial charge >= 0.3 is 0 Å². The molecule has 0 atom stereocenters. The predicted octanol–water partition coefficient (Wildman–Crippen LogP) is 4.75. The molecule has 3 aromatic rings. The van der Waals surface area contributed by atoms with Gasteiger partial charge < -0.3 is 5.11 Å².